The van der Waals surface area contributed by atoms with E-state index in [0.717, 1.165) is 0 Å². The van der Waals surface area contributed by atoms with Crippen LogP contribution in [0.2, 0.25) is 0 Å². The van der Waals surface area contributed by atoms with Crippen molar-refractivity contribution in [3.63, 3.8) is 0 Å². The number of carbonyl (C=O) groups is 1. The zero-order valence-corrected chi connectivity index (χ0v) is 7.66. The van der Waals surface area contributed by atoms with Crippen LogP contribution in [0.4, 0.5) is 5.69 Å². The van der Waals surface area contributed by atoms with Gasteiger partial charge in [-0.1, -0.05) is 0 Å². The third-order valence-corrected chi connectivity index (χ3v) is 1.64. The van der Waals surface area contributed by atoms with Crippen LogP contribution in [0.1, 0.15) is 10.5 Å². The molecule has 0 atom stereocenters. The second kappa shape index (κ2) is 4.23. The van der Waals surface area contributed by atoms with Crippen molar-refractivity contribution in [1.29, 1.82) is 0 Å². The number of hydrogen-bond acceptors (Lipinski definition) is 5. The molecule has 74 valence electrons. The number of nitrogens with one attached hydrogen (secondary N) is 1. The molecule has 0 saturated heterocycles. The Bertz CT molecular complexity index is 445. The van der Waals surface area contributed by atoms with Crippen molar-refractivity contribution >= 4 is 11.6 Å². The smallest absolute Gasteiger partial charge is 0.275 e. The van der Waals surface area contributed by atoms with Crippen LogP contribution in [0.3, 0.4) is 0 Å². The van der Waals surface area contributed by atoms with Gasteiger partial charge in [0, 0.05) is 12.4 Å². The lowest BCUT2D eigenvalue weighted by Crippen LogP contribution is -2.13. The molecule has 0 aliphatic heterocycles. The van der Waals surface area contributed by atoms with Crippen LogP contribution in [-0.4, -0.2) is 26.1 Å². The van der Waals surface area contributed by atoms with Crippen molar-refractivity contribution in [2.75, 3.05) is 5.32 Å². The Hall–Kier alpha value is -2.37. The van der Waals surface area contributed by atoms with Crippen molar-refractivity contribution in [2.45, 2.75) is 0 Å². The van der Waals surface area contributed by atoms with Crippen LogP contribution in [0, 0.1) is 0 Å². The fourth-order valence-corrected chi connectivity index (χ4v) is 0.976. The largest absolute Gasteiger partial charge is 0.319 e. The zero-order chi connectivity index (χ0) is 10.5. The van der Waals surface area contributed by atoms with Gasteiger partial charge in [-0.25, -0.2) is 4.98 Å². The zero-order valence-electron chi connectivity index (χ0n) is 7.66. The summed E-state index contributed by atoms with van der Waals surface area (Å²) in [5.41, 5.74) is 0.829. The molecule has 2 rings (SSSR count). The summed E-state index contributed by atoms with van der Waals surface area (Å²) in [7, 11) is 0. The third kappa shape index (κ3) is 2.31. The molecule has 0 radical (unpaired) electrons. The van der Waals surface area contributed by atoms with Gasteiger partial charge >= 0.3 is 0 Å². The third-order valence-electron chi connectivity index (χ3n) is 1.64. The monoisotopic (exact) mass is 201 g/mol. The van der Waals surface area contributed by atoms with Crippen LogP contribution in [0.5, 0.6) is 0 Å². The maximum absolute atomic E-state index is 11.6. The number of hydrogen-bond donors (Lipinski definition) is 1. The second-order valence-corrected chi connectivity index (χ2v) is 2.68. The first-order chi connectivity index (χ1) is 7.36. The molecule has 0 aliphatic carbocycles. The van der Waals surface area contributed by atoms with Gasteiger partial charge in [-0.2, -0.15) is 10.2 Å². The Morgan fingerprint density at radius 1 is 1.13 bits per heavy atom. The van der Waals surface area contributed by atoms with Crippen molar-refractivity contribution < 1.29 is 4.79 Å². The standard InChI is InChI=1S/C9H7N5O/c15-9(8-6-10-3-4-11-8)14-7-1-2-12-13-5-7/h1-6H,(H,12,14,15). The van der Waals surface area contributed by atoms with Gasteiger partial charge in [0.2, 0.25) is 0 Å². The summed E-state index contributed by atoms with van der Waals surface area (Å²) in [6.07, 6.45) is 7.30. The number of carbonyl (C=O) groups excluding carboxylic acids is 1. The number of amides is 1. The lowest BCUT2D eigenvalue weighted by Gasteiger charge is -2.01. The fourth-order valence-electron chi connectivity index (χ4n) is 0.976. The van der Waals surface area contributed by atoms with Crippen molar-refractivity contribution in [3.8, 4) is 0 Å². The topological polar surface area (TPSA) is 80.7 Å². The molecule has 0 spiro atoms. The maximum atomic E-state index is 11.6. The van der Waals surface area contributed by atoms with Gasteiger partial charge in [0.15, 0.2) is 0 Å². The second-order valence-electron chi connectivity index (χ2n) is 2.68. The van der Waals surface area contributed by atoms with Crippen LogP contribution in [0.15, 0.2) is 37.1 Å². The summed E-state index contributed by atoms with van der Waals surface area (Å²) in [5, 5.41) is 9.84. The first-order valence-corrected chi connectivity index (χ1v) is 4.20. The fraction of sp³-hybridized carbons (Fsp3) is 0. The average Bonchev–Trinajstić information content (AvgIpc) is 2.31. The molecule has 1 amide bonds. The number of nitrogens with zero attached hydrogens (tertiary/aromatic N) is 4. The summed E-state index contributed by atoms with van der Waals surface area (Å²) in [5.74, 6) is -0.323. The highest BCUT2D eigenvalue weighted by molar-refractivity contribution is 6.02. The van der Waals surface area contributed by atoms with E-state index in [1.807, 2.05) is 0 Å². The van der Waals surface area contributed by atoms with Crippen molar-refractivity contribution in [2.24, 2.45) is 0 Å². The van der Waals surface area contributed by atoms with E-state index < -0.39 is 0 Å². The van der Waals surface area contributed by atoms with Gasteiger partial charge in [0.25, 0.3) is 5.91 Å². The number of anilines is 1. The lowest BCUT2D eigenvalue weighted by molar-refractivity contribution is 0.102. The van der Waals surface area contributed by atoms with E-state index in [2.05, 4.69) is 25.5 Å². The molecule has 6 nitrogen and oxygen atoms in total. The molecule has 6 heteroatoms. The van der Waals surface area contributed by atoms with Crippen LogP contribution in [0.25, 0.3) is 0 Å². The first-order valence-electron chi connectivity index (χ1n) is 4.20. The molecule has 0 aromatic carbocycles. The minimum atomic E-state index is -0.323. The SMILES string of the molecule is O=C(Nc1ccnnc1)c1cnccn1. The van der Waals surface area contributed by atoms with Crippen LogP contribution < -0.4 is 5.32 Å². The Morgan fingerprint density at radius 3 is 2.73 bits per heavy atom. The highest BCUT2D eigenvalue weighted by Gasteiger charge is 2.06. The molecule has 2 aromatic rings. The molecular formula is C9H7N5O. The van der Waals surface area contributed by atoms with E-state index in [1.54, 1.807) is 6.07 Å². The van der Waals surface area contributed by atoms with E-state index >= 15 is 0 Å². The van der Waals surface area contributed by atoms with E-state index in [1.165, 1.54) is 31.0 Å². The first kappa shape index (κ1) is 9.20. The minimum absolute atomic E-state index is 0.259. The lowest BCUT2D eigenvalue weighted by atomic mass is 10.4. The Kier molecular flexibility index (Phi) is 2.59. The maximum Gasteiger partial charge on any atom is 0.275 e. The van der Waals surface area contributed by atoms with Crippen LogP contribution >= 0.6 is 0 Å². The number of aromatic nitrogens is 4. The molecule has 2 aromatic heterocycles. The summed E-state index contributed by atoms with van der Waals surface area (Å²) in [6, 6.07) is 1.64. The van der Waals surface area contributed by atoms with Gasteiger partial charge in [0.1, 0.15) is 5.69 Å². The normalized spacial score (nSPS) is 9.60. The summed E-state index contributed by atoms with van der Waals surface area (Å²) < 4.78 is 0. The van der Waals surface area contributed by atoms with Crippen molar-refractivity contribution in [1.82, 2.24) is 20.2 Å². The van der Waals surface area contributed by atoms with Gasteiger partial charge in [-0.05, 0) is 6.07 Å². The highest BCUT2D eigenvalue weighted by atomic mass is 16.1. The molecule has 0 unspecified atom stereocenters. The molecule has 1 N–H and O–H groups in total. The van der Waals surface area contributed by atoms with E-state index in [-0.39, 0.29) is 11.6 Å². The Labute approximate surface area is 85.4 Å². The average molecular weight is 201 g/mol. The van der Waals surface area contributed by atoms with Gasteiger partial charge in [-0.15, -0.1) is 0 Å². The Balaban J connectivity index is 2.12. The molecule has 0 bridgehead atoms. The molecule has 0 fully saturated rings. The highest BCUT2D eigenvalue weighted by Crippen LogP contribution is 2.03. The quantitative estimate of drug-likeness (QED) is 0.766. The minimum Gasteiger partial charge on any atom is -0.319 e. The van der Waals surface area contributed by atoms with E-state index in [9.17, 15) is 4.79 Å². The summed E-state index contributed by atoms with van der Waals surface area (Å²) >= 11 is 0. The van der Waals surface area contributed by atoms with E-state index in [4.69, 9.17) is 0 Å². The predicted octanol–water partition coefficient (Wildman–Crippen LogP) is 0.519. The van der Waals surface area contributed by atoms with Crippen LogP contribution in [-0.2, 0) is 0 Å². The molecule has 15 heavy (non-hydrogen) atoms. The molecule has 2 heterocycles. The molecular weight excluding hydrogens is 194 g/mol. The van der Waals surface area contributed by atoms with Gasteiger partial charge in [0.05, 0.1) is 24.3 Å². The molecule has 0 saturated carbocycles. The predicted molar refractivity (Wildman–Crippen MR) is 52.0 cm³/mol. The van der Waals surface area contributed by atoms with Gasteiger partial charge in [-0.3, -0.25) is 9.78 Å². The Morgan fingerprint density at radius 2 is 2.07 bits per heavy atom. The van der Waals surface area contributed by atoms with Crippen molar-refractivity contribution in [3.05, 3.63) is 42.7 Å². The molecule has 0 aliphatic rings. The summed E-state index contributed by atoms with van der Waals surface area (Å²) in [6.45, 7) is 0. The summed E-state index contributed by atoms with van der Waals surface area (Å²) in [4.78, 5) is 19.2. The van der Waals surface area contributed by atoms with E-state index in [0.29, 0.717) is 5.69 Å². The number of rotatable bonds is 2. The van der Waals surface area contributed by atoms with Gasteiger partial charge < -0.3 is 5.32 Å².